The van der Waals surface area contributed by atoms with Crippen LogP contribution < -0.4 is 0 Å². The van der Waals surface area contributed by atoms with Crippen molar-refractivity contribution in [2.45, 2.75) is 19.3 Å². The maximum absolute atomic E-state index is 11.0. The largest absolute Gasteiger partial charge is 0.481 e. The fourth-order valence-corrected chi connectivity index (χ4v) is 1.94. The summed E-state index contributed by atoms with van der Waals surface area (Å²) in [5.74, 6) is -1.23. The molecule has 1 unspecified atom stereocenters. The van der Waals surface area contributed by atoms with Crippen LogP contribution >= 0.6 is 0 Å². The molecule has 0 amide bonds. The van der Waals surface area contributed by atoms with E-state index in [2.05, 4.69) is 0 Å². The Bertz CT molecular complexity index is 405. The molecular formula is C12H12O2. The standard InChI is InChI=1S/C12H12O2/c1-8-4-2-6-10-9(8)5-3-7-11(10)12(13)14/h2-4,6-7,11H,5H2,1H3,(H,13,14). The van der Waals surface area contributed by atoms with Gasteiger partial charge in [-0.05, 0) is 30.0 Å². The molecule has 0 fully saturated rings. The van der Waals surface area contributed by atoms with Crippen LogP contribution in [-0.4, -0.2) is 11.1 Å². The second-order valence-corrected chi connectivity index (χ2v) is 3.59. The molecule has 1 atom stereocenters. The molecular weight excluding hydrogens is 176 g/mol. The van der Waals surface area contributed by atoms with Crippen LogP contribution in [0.5, 0.6) is 0 Å². The third kappa shape index (κ3) is 1.33. The van der Waals surface area contributed by atoms with Gasteiger partial charge in [0, 0.05) is 0 Å². The topological polar surface area (TPSA) is 37.3 Å². The number of rotatable bonds is 1. The van der Waals surface area contributed by atoms with Crippen molar-refractivity contribution in [1.29, 1.82) is 0 Å². The maximum atomic E-state index is 11.0. The Balaban J connectivity index is 2.54. The summed E-state index contributed by atoms with van der Waals surface area (Å²) in [5.41, 5.74) is 3.29. The molecule has 72 valence electrons. The van der Waals surface area contributed by atoms with Gasteiger partial charge in [0.2, 0.25) is 0 Å². The Morgan fingerprint density at radius 2 is 2.29 bits per heavy atom. The smallest absolute Gasteiger partial charge is 0.314 e. The summed E-state index contributed by atoms with van der Waals surface area (Å²) in [6.45, 7) is 2.02. The van der Waals surface area contributed by atoms with Gasteiger partial charge in [0.1, 0.15) is 5.92 Å². The molecule has 2 nitrogen and oxygen atoms in total. The highest BCUT2D eigenvalue weighted by Gasteiger charge is 2.22. The molecule has 0 heterocycles. The van der Waals surface area contributed by atoms with Crippen LogP contribution in [0.4, 0.5) is 0 Å². The van der Waals surface area contributed by atoms with E-state index < -0.39 is 11.9 Å². The number of aryl methyl sites for hydroxylation is 1. The number of allylic oxidation sites excluding steroid dienone is 1. The molecule has 0 saturated heterocycles. The Morgan fingerprint density at radius 3 is 3.00 bits per heavy atom. The van der Waals surface area contributed by atoms with Gasteiger partial charge in [0.25, 0.3) is 0 Å². The SMILES string of the molecule is Cc1cccc2c1CC=CC2C(=O)O. The minimum atomic E-state index is -0.771. The zero-order valence-electron chi connectivity index (χ0n) is 8.03. The lowest BCUT2D eigenvalue weighted by atomic mass is 9.85. The van der Waals surface area contributed by atoms with Gasteiger partial charge in [-0.25, -0.2) is 0 Å². The fraction of sp³-hybridized carbons (Fsp3) is 0.250. The van der Waals surface area contributed by atoms with Crippen molar-refractivity contribution in [2.75, 3.05) is 0 Å². The summed E-state index contributed by atoms with van der Waals surface area (Å²) < 4.78 is 0. The van der Waals surface area contributed by atoms with Gasteiger partial charge in [-0.3, -0.25) is 4.79 Å². The van der Waals surface area contributed by atoms with Crippen LogP contribution in [0.25, 0.3) is 0 Å². The highest BCUT2D eigenvalue weighted by Crippen LogP contribution is 2.28. The van der Waals surface area contributed by atoms with Crippen molar-refractivity contribution in [3.05, 3.63) is 47.0 Å². The number of aliphatic carboxylic acids is 1. The van der Waals surface area contributed by atoms with E-state index in [1.165, 1.54) is 11.1 Å². The van der Waals surface area contributed by atoms with E-state index in [0.717, 1.165) is 12.0 Å². The van der Waals surface area contributed by atoms with Crippen LogP contribution in [0.2, 0.25) is 0 Å². The number of carboxylic acid groups (broad SMARTS) is 1. The minimum absolute atomic E-state index is 0.460. The first-order valence-corrected chi connectivity index (χ1v) is 4.68. The quantitative estimate of drug-likeness (QED) is 0.686. The molecule has 1 aromatic carbocycles. The van der Waals surface area contributed by atoms with E-state index in [4.69, 9.17) is 5.11 Å². The summed E-state index contributed by atoms with van der Waals surface area (Å²) in [6, 6.07) is 5.85. The van der Waals surface area contributed by atoms with Crippen LogP contribution in [0, 0.1) is 6.92 Å². The summed E-state index contributed by atoms with van der Waals surface area (Å²) in [7, 11) is 0. The Morgan fingerprint density at radius 1 is 1.50 bits per heavy atom. The van der Waals surface area contributed by atoms with Gasteiger partial charge in [-0.15, -0.1) is 0 Å². The molecule has 0 radical (unpaired) electrons. The van der Waals surface area contributed by atoms with Crippen molar-refractivity contribution in [2.24, 2.45) is 0 Å². The summed E-state index contributed by atoms with van der Waals surface area (Å²) >= 11 is 0. The Kier molecular flexibility index (Phi) is 2.12. The van der Waals surface area contributed by atoms with E-state index in [0.29, 0.717) is 0 Å². The highest BCUT2D eigenvalue weighted by molar-refractivity contribution is 5.80. The first-order chi connectivity index (χ1) is 6.70. The zero-order valence-corrected chi connectivity index (χ0v) is 8.03. The molecule has 14 heavy (non-hydrogen) atoms. The summed E-state index contributed by atoms with van der Waals surface area (Å²) in [4.78, 5) is 11.0. The Labute approximate surface area is 82.9 Å². The van der Waals surface area contributed by atoms with E-state index in [1.807, 2.05) is 31.2 Å². The molecule has 0 saturated carbocycles. The average molecular weight is 188 g/mol. The monoisotopic (exact) mass is 188 g/mol. The van der Waals surface area contributed by atoms with E-state index in [1.54, 1.807) is 6.08 Å². The van der Waals surface area contributed by atoms with Gasteiger partial charge in [-0.1, -0.05) is 30.4 Å². The number of carboxylic acids is 1. The van der Waals surface area contributed by atoms with Gasteiger partial charge in [0.05, 0.1) is 0 Å². The van der Waals surface area contributed by atoms with Crippen molar-refractivity contribution in [3.63, 3.8) is 0 Å². The first kappa shape index (κ1) is 9.00. The molecule has 0 aromatic heterocycles. The third-order valence-electron chi connectivity index (χ3n) is 2.70. The number of carbonyl (C=O) groups is 1. The molecule has 1 N–H and O–H groups in total. The van der Waals surface area contributed by atoms with Gasteiger partial charge < -0.3 is 5.11 Å². The summed E-state index contributed by atoms with van der Waals surface area (Å²) in [5, 5.41) is 9.02. The van der Waals surface area contributed by atoms with Crippen LogP contribution in [0.1, 0.15) is 22.6 Å². The Hall–Kier alpha value is -1.57. The molecule has 1 aromatic rings. The van der Waals surface area contributed by atoms with E-state index >= 15 is 0 Å². The van der Waals surface area contributed by atoms with Crippen LogP contribution in [0.15, 0.2) is 30.4 Å². The molecule has 0 aliphatic heterocycles. The molecule has 1 aliphatic carbocycles. The van der Waals surface area contributed by atoms with Crippen molar-refractivity contribution in [3.8, 4) is 0 Å². The predicted molar refractivity (Wildman–Crippen MR) is 54.4 cm³/mol. The fourth-order valence-electron chi connectivity index (χ4n) is 1.94. The highest BCUT2D eigenvalue weighted by atomic mass is 16.4. The third-order valence-corrected chi connectivity index (χ3v) is 2.70. The van der Waals surface area contributed by atoms with Gasteiger partial charge >= 0.3 is 5.97 Å². The van der Waals surface area contributed by atoms with Crippen molar-refractivity contribution < 1.29 is 9.90 Å². The number of fused-ring (bicyclic) bond motifs is 1. The minimum Gasteiger partial charge on any atom is -0.481 e. The summed E-state index contributed by atoms with van der Waals surface area (Å²) in [6.07, 6.45) is 4.56. The average Bonchev–Trinajstić information content (AvgIpc) is 2.17. The lowest BCUT2D eigenvalue weighted by Crippen LogP contribution is -2.14. The zero-order chi connectivity index (χ0) is 10.1. The lowest BCUT2D eigenvalue weighted by Gasteiger charge is -2.19. The number of hydrogen-bond acceptors (Lipinski definition) is 1. The lowest BCUT2D eigenvalue weighted by molar-refractivity contribution is -0.137. The molecule has 1 aliphatic rings. The predicted octanol–water partition coefficient (Wildman–Crippen LogP) is 2.28. The van der Waals surface area contributed by atoms with E-state index in [9.17, 15) is 4.79 Å². The number of benzene rings is 1. The van der Waals surface area contributed by atoms with Gasteiger partial charge in [-0.2, -0.15) is 0 Å². The van der Waals surface area contributed by atoms with Crippen molar-refractivity contribution in [1.82, 2.24) is 0 Å². The normalized spacial score (nSPS) is 19.1. The second kappa shape index (κ2) is 3.29. The molecule has 0 bridgehead atoms. The van der Waals surface area contributed by atoms with Crippen LogP contribution in [-0.2, 0) is 11.2 Å². The molecule has 2 rings (SSSR count). The van der Waals surface area contributed by atoms with Gasteiger partial charge in [0.15, 0.2) is 0 Å². The number of hydrogen-bond donors (Lipinski definition) is 1. The first-order valence-electron chi connectivity index (χ1n) is 4.68. The van der Waals surface area contributed by atoms with Crippen LogP contribution in [0.3, 0.4) is 0 Å². The molecule has 2 heteroatoms. The van der Waals surface area contributed by atoms with E-state index in [-0.39, 0.29) is 0 Å². The maximum Gasteiger partial charge on any atom is 0.314 e. The molecule has 0 spiro atoms. The van der Waals surface area contributed by atoms with Crippen molar-refractivity contribution >= 4 is 5.97 Å². The second-order valence-electron chi connectivity index (χ2n) is 3.59.